The van der Waals surface area contributed by atoms with Crippen LogP contribution in [-0.4, -0.2) is 24.8 Å². The van der Waals surface area contributed by atoms with E-state index < -0.39 is 24.8 Å². The van der Waals surface area contributed by atoms with Crippen LogP contribution in [0.1, 0.15) is 0 Å². The van der Waals surface area contributed by atoms with Gasteiger partial charge in [-0.05, 0) is 0 Å². The summed E-state index contributed by atoms with van der Waals surface area (Å²) in [5, 5.41) is 0. The van der Waals surface area contributed by atoms with Crippen LogP contribution in [0.4, 0.5) is 22.4 Å². The molecule has 1 rings (SSSR count). The van der Waals surface area contributed by atoms with Gasteiger partial charge in [0.1, 0.15) is 0 Å². The van der Waals surface area contributed by atoms with Gasteiger partial charge < -0.3 is 9.47 Å². The van der Waals surface area contributed by atoms with Crippen molar-refractivity contribution in [3.05, 3.63) is 0 Å². The first-order valence-corrected chi connectivity index (χ1v) is 2.46. The Labute approximate surface area is 57.9 Å². The summed E-state index contributed by atoms with van der Waals surface area (Å²) in [6, 6.07) is 0. The number of rotatable bonds is 1. The second-order valence-electron chi connectivity index (χ2n) is 1.83. The molecule has 0 amide bonds. The van der Waals surface area contributed by atoms with Gasteiger partial charge in [0.15, 0.2) is 6.67 Å². The zero-order chi connectivity index (χ0) is 8.70. The van der Waals surface area contributed by atoms with Gasteiger partial charge in [0.2, 0.25) is 0 Å². The molecule has 0 aromatic heterocycles. The van der Waals surface area contributed by atoms with Crippen molar-refractivity contribution in [3.8, 4) is 0 Å². The topological polar surface area (TPSA) is 35.5 Å². The Morgan fingerprint density at radius 3 is 2.00 bits per heavy atom. The Morgan fingerprint density at radius 1 is 1.27 bits per heavy atom. The third-order valence-electron chi connectivity index (χ3n) is 1.06. The highest BCUT2D eigenvalue weighted by Gasteiger charge is 2.68. The molecule has 0 saturated carbocycles. The fraction of sp³-hybridized carbons (Fsp3) is 0.750. The van der Waals surface area contributed by atoms with Crippen LogP contribution in [0.3, 0.4) is 0 Å². The number of alkyl halides is 4. The van der Waals surface area contributed by atoms with E-state index in [4.69, 9.17) is 0 Å². The lowest BCUT2D eigenvalue weighted by atomic mass is 10.3. The molecular weight excluding hydrogens is 172 g/mol. The highest BCUT2D eigenvalue weighted by Crippen LogP contribution is 2.41. The lowest BCUT2D eigenvalue weighted by molar-refractivity contribution is -0.291. The van der Waals surface area contributed by atoms with E-state index in [1.807, 2.05) is 0 Å². The Kier molecular flexibility index (Phi) is 1.46. The summed E-state index contributed by atoms with van der Waals surface area (Å²) in [7, 11) is 0. The number of cyclic esters (lactones) is 2. The van der Waals surface area contributed by atoms with E-state index in [0.717, 1.165) is 0 Å². The minimum Gasteiger partial charge on any atom is -0.384 e. The van der Waals surface area contributed by atoms with E-state index in [0.29, 0.717) is 0 Å². The van der Waals surface area contributed by atoms with Gasteiger partial charge in [-0.15, -0.1) is 0 Å². The van der Waals surface area contributed by atoms with Crippen LogP contribution in [0.25, 0.3) is 0 Å². The summed E-state index contributed by atoms with van der Waals surface area (Å²) in [5.41, 5.74) is 0. The maximum absolute atomic E-state index is 12.4. The Morgan fingerprint density at radius 2 is 1.82 bits per heavy atom. The van der Waals surface area contributed by atoms with E-state index in [1.54, 1.807) is 0 Å². The van der Waals surface area contributed by atoms with E-state index in [2.05, 4.69) is 9.47 Å². The molecule has 1 unspecified atom stereocenters. The zero-order valence-electron chi connectivity index (χ0n) is 4.94. The number of halogens is 4. The third-order valence-corrected chi connectivity index (χ3v) is 1.06. The molecule has 1 fully saturated rings. The molecule has 0 N–H and O–H groups in total. The fourth-order valence-electron chi connectivity index (χ4n) is 0.498. The van der Waals surface area contributed by atoms with Crippen molar-refractivity contribution in [1.29, 1.82) is 0 Å². The number of carbonyl (C=O) groups excluding carboxylic acids is 1. The molecule has 7 heteroatoms. The number of carbonyl (C=O) groups is 1. The number of ether oxygens (including phenoxy) is 2. The lowest BCUT2D eigenvalue weighted by Gasteiger charge is -2.16. The first kappa shape index (κ1) is 8.09. The molecule has 1 atom stereocenters. The molecule has 1 aliphatic heterocycles. The summed E-state index contributed by atoms with van der Waals surface area (Å²) in [5.74, 6) is -3.97. The van der Waals surface area contributed by atoms with Crippen LogP contribution >= 0.6 is 0 Å². The van der Waals surface area contributed by atoms with Gasteiger partial charge in [-0.2, -0.15) is 13.2 Å². The van der Waals surface area contributed by atoms with E-state index >= 15 is 0 Å². The van der Waals surface area contributed by atoms with Crippen molar-refractivity contribution >= 4 is 6.16 Å². The smallest absolute Gasteiger partial charge is 0.384 e. The van der Waals surface area contributed by atoms with Crippen LogP contribution in [0.5, 0.6) is 0 Å². The van der Waals surface area contributed by atoms with Gasteiger partial charge in [0, 0.05) is 0 Å². The molecule has 11 heavy (non-hydrogen) atoms. The second kappa shape index (κ2) is 1.99. The minimum atomic E-state index is -4.54. The van der Waals surface area contributed by atoms with Crippen molar-refractivity contribution < 1.29 is 31.8 Å². The molecule has 1 heterocycles. The summed E-state index contributed by atoms with van der Waals surface area (Å²) in [6.07, 6.45) is -6.46. The Hall–Kier alpha value is -1.01. The summed E-state index contributed by atoms with van der Waals surface area (Å²) < 4.78 is 54.3. The molecule has 3 nitrogen and oxygen atoms in total. The van der Waals surface area contributed by atoms with Crippen LogP contribution in [-0.2, 0) is 9.47 Å². The molecule has 0 aromatic carbocycles. The standard InChI is InChI=1S/C4H2F4O3/c5-1-3(6)4(7,8)11-2(9)10-3/h1H2. The van der Waals surface area contributed by atoms with Gasteiger partial charge in [-0.3, -0.25) is 0 Å². The second-order valence-corrected chi connectivity index (χ2v) is 1.83. The Bertz CT molecular complexity index is 194. The monoisotopic (exact) mass is 174 g/mol. The molecule has 1 aliphatic rings. The number of hydrogen-bond acceptors (Lipinski definition) is 3. The average molecular weight is 174 g/mol. The zero-order valence-corrected chi connectivity index (χ0v) is 4.94. The normalized spacial score (nSPS) is 34.7. The molecule has 0 radical (unpaired) electrons. The van der Waals surface area contributed by atoms with Crippen LogP contribution in [0.2, 0.25) is 0 Å². The predicted octanol–water partition coefficient (Wildman–Crippen LogP) is 1.38. The van der Waals surface area contributed by atoms with Crippen LogP contribution < -0.4 is 0 Å². The maximum atomic E-state index is 12.4. The predicted molar refractivity (Wildman–Crippen MR) is 22.3 cm³/mol. The van der Waals surface area contributed by atoms with Crippen molar-refractivity contribution in [2.75, 3.05) is 6.67 Å². The Balaban J connectivity index is 2.89. The van der Waals surface area contributed by atoms with Gasteiger partial charge >= 0.3 is 18.1 Å². The average Bonchev–Trinajstić information content (AvgIpc) is 2.03. The highest BCUT2D eigenvalue weighted by atomic mass is 19.3. The van der Waals surface area contributed by atoms with E-state index in [1.165, 1.54) is 0 Å². The first-order chi connectivity index (χ1) is 4.91. The quantitative estimate of drug-likeness (QED) is 0.445. The summed E-state index contributed by atoms with van der Waals surface area (Å²) >= 11 is 0. The van der Waals surface area contributed by atoms with Crippen LogP contribution in [0.15, 0.2) is 0 Å². The SMILES string of the molecule is O=C1OC(F)(F)C(F)(CF)O1. The van der Waals surface area contributed by atoms with Crippen molar-refractivity contribution in [1.82, 2.24) is 0 Å². The third kappa shape index (κ3) is 0.997. The minimum absolute atomic E-state index is 1.92. The largest absolute Gasteiger partial charge is 0.516 e. The first-order valence-electron chi connectivity index (χ1n) is 2.46. The molecule has 0 aromatic rings. The van der Waals surface area contributed by atoms with Gasteiger partial charge in [-0.25, -0.2) is 9.18 Å². The maximum Gasteiger partial charge on any atom is 0.516 e. The van der Waals surface area contributed by atoms with Crippen molar-refractivity contribution in [3.63, 3.8) is 0 Å². The summed E-state index contributed by atoms with van der Waals surface area (Å²) in [4.78, 5) is 9.90. The summed E-state index contributed by atoms with van der Waals surface area (Å²) in [6.45, 7) is -2.15. The molecule has 64 valence electrons. The van der Waals surface area contributed by atoms with Gasteiger partial charge in [-0.1, -0.05) is 0 Å². The van der Waals surface area contributed by atoms with Crippen molar-refractivity contribution in [2.24, 2.45) is 0 Å². The molecule has 0 aliphatic carbocycles. The van der Waals surface area contributed by atoms with E-state index in [-0.39, 0.29) is 0 Å². The number of hydrogen-bond donors (Lipinski definition) is 0. The molecule has 1 saturated heterocycles. The van der Waals surface area contributed by atoms with Gasteiger partial charge in [0.25, 0.3) is 0 Å². The molecule has 0 bridgehead atoms. The van der Waals surface area contributed by atoms with E-state index in [9.17, 15) is 22.4 Å². The highest BCUT2D eigenvalue weighted by molar-refractivity contribution is 5.63. The lowest BCUT2D eigenvalue weighted by Crippen LogP contribution is -2.43. The molecule has 0 spiro atoms. The van der Waals surface area contributed by atoms with Crippen LogP contribution in [0, 0.1) is 0 Å². The fourth-order valence-corrected chi connectivity index (χ4v) is 0.498. The van der Waals surface area contributed by atoms with Gasteiger partial charge in [0.05, 0.1) is 0 Å². The van der Waals surface area contributed by atoms with Crippen molar-refractivity contribution in [2.45, 2.75) is 12.0 Å². The molecular formula is C4H2F4O3.